The third kappa shape index (κ3) is 5.25. The monoisotopic (exact) mass is 614 g/mol. The fraction of sp³-hybridized carbons (Fsp3) is 0.852. The molecular weight excluding hydrogens is 579 g/mol. The smallest absolute Gasteiger partial charge is 0.432 e. The summed E-state index contributed by atoms with van der Waals surface area (Å²) in [4.78, 5) is 51.5. The Hall–Kier alpha value is -1.96. The molecule has 4 aliphatic rings. The highest BCUT2D eigenvalue weighted by Crippen LogP contribution is 2.66. The molecule has 14 heteroatoms. The van der Waals surface area contributed by atoms with E-state index in [4.69, 9.17) is 4.55 Å². The molecule has 4 rings (SSSR count). The van der Waals surface area contributed by atoms with E-state index in [2.05, 4.69) is 11.7 Å². The van der Waals surface area contributed by atoms with Crippen LogP contribution in [0.1, 0.15) is 78.6 Å². The first-order chi connectivity index (χ1) is 18.7. The Morgan fingerprint density at radius 1 is 1.05 bits per heavy atom. The van der Waals surface area contributed by atoms with Crippen LogP contribution in [-0.2, 0) is 34.0 Å². The van der Waals surface area contributed by atoms with Crippen LogP contribution < -0.4 is 0 Å². The molecule has 232 valence electrons. The molecule has 4 aliphatic carbocycles. The van der Waals surface area contributed by atoms with Gasteiger partial charge in [-0.2, -0.15) is 30.4 Å². The summed E-state index contributed by atoms with van der Waals surface area (Å²) in [6.07, 6.45) is -8.36. The van der Waals surface area contributed by atoms with Gasteiger partial charge in [-0.3, -0.25) is 23.7 Å². The number of fused-ring (bicyclic) bond motifs is 5. The summed E-state index contributed by atoms with van der Waals surface area (Å²) in [5, 5.41) is -5.81. The van der Waals surface area contributed by atoms with Crippen LogP contribution in [0.5, 0.6) is 0 Å². The summed E-state index contributed by atoms with van der Waals surface area (Å²) < 4.78 is 101. The summed E-state index contributed by atoms with van der Waals surface area (Å²) in [6.45, 7) is 5.55. The van der Waals surface area contributed by atoms with E-state index in [1.165, 1.54) is 0 Å². The molecule has 1 N–H and O–H groups in total. The molecule has 0 aromatic heterocycles. The van der Waals surface area contributed by atoms with Crippen LogP contribution in [0, 0.1) is 46.3 Å². The molecule has 0 aliphatic heterocycles. The van der Waals surface area contributed by atoms with Crippen LogP contribution in [0.15, 0.2) is 0 Å². The molecule has 0 bridgehead atoms. The Balaban J connectivity index is 1.47. The van der Waals surface area contributed by atoms with Crippen LogP contribution in [0.2, 0.25) is 0 Å². The summed E-state index contributed by atoms with van der Waals surface area (Å²) >= 11 is 0. The van der Waals surface area contributed by atoms with E-state index in [1.54, 1.807) is 13.8 Å². The predicted molar refractivity (Wildman–Crippen MR) is 132 cm³/mol. The van der Waals surface area contributed by atoms with Crippen molar-refractivity contribution in [3.8, 4) is 0 Å². The molecule has 0 amide bonds. The van der Waals surface area contributed by atoms with E-state index in [1.807, 2.05) is 0 Å². The normalized spacial score (nSPS) is 37.6. The van der Waals surface area contributed by atoms with Gasteiger partial charge in [-0.15, -0.1) is 0 Å². The largest absolute Gasteiger partial charge is 0.445 e. The number of carbonyl (C=O) groups excluding carboxylic acids is 4. The number of ketones is 3. The van der Waals surface area contributed by atoms with Crippen molar-refractivity contribution in [3.05, 3.63) is 0 Å². The second-order valence-electron chi connectivity index (χ2n) is 12.9. The van der Waals surface area contributed by atoms with Gasteiger partial charge in [-0.05, 0) is 60.7 Å². The maximum atomic E-state index is 13.8. The quantitative estimate of drug-likeness (QED) is 0.242. The summed E-state index contributed by atoms with van der Waals surface area (Å²) in [7, 11) is -6.54. The molecule has 0 spiro atoms. The maximum Gasteiger partial charge on any atom is 0.432 e. The van der Waals surface area contributed by atoms with Crippen LogP contribution in [-0.4, -0.2) is 53.8 Å². The van der Waals surface area contributed by atoms with Crippen LogP contribution >= 0.6 is 0 Å². The van der Waals surface area contributed by atoms with Gasteiger partial charge in [0.1, 0.15) is 17.3 Å². The van der Waals surface area contributed by atoms with Crippen molar-refractivity contribution in [1.29, 1.82) is 0 Å². The van der Waals surface area contributed by atoms with Gasteiger partial charge in [0, 0.05) is 43.4 Å². The van der Waals surface area contributed by atoms with Gasteiger partial charge < -0.3 is 4.74 Å². The zero-order valence-electron chi connectivity index (χ0n) is 23.0. The zero-order chi connectivity index (χ0) is 30.9. The summed E-state index contributed by atoms with van der Waals surface area (Å²) in [6, 6.07) is 0. The molecular formula is C27H35F5O8S. The van der Waals surface area contributed by atoms with Crippen LogP contribution in [0.3, 0.4) is 0 Å². The number of rotatable bonds is 7. The summed E-state index contributed by atoms with van der Waals surface area (Å²) in [5.74, 6) is -3.26. The highest BCUT2D eigenvalue weighted by Gasteiger charge is 2.67. The second kappa shape index (κ2) is 10.3. The third-order valence-corrected chi connectivity index (χ3v) is 11.8. The van der Waals surface area contributed by atoms with E-state index in [-0.39, 0.29) is 71.6 Å². The first-order valence-corrected chi connectivity index (χ1v) is 15.3. The lowest BCUT2D eigenvalue weighted by Gasteiger charge is -2.58. The molecule has 0 saturated heterocycles. The van der Waals surface area contributed by atoms with Gasteiger partial charge >= 0.3 is 27.5 Å². The SMILES string of the molecule is CC(CCC(=O)OC(C(F)(F)F)C(F)(F)S(=O)(=O)O)[C@H]1CC[C@H]2C3C(=O)C[C@@H]4CC(=O)CC[C@]4(C)[C@H]3CC(=O)[C@]12C. The Bertz CT molecular complexity index is 1230. The van der Waals surface area contributed by atoms with Crippen LogP contribution in [0.25, 0.3) is 0 Å². The predicted octanol–water partition coefficient (Wildman–Crippen LogP) is 4.94. The van der Waals surface area contributed by atoms with Gasteiger partial charge in [-0.25, -0.2) is 0 Å². The van der Waals surface area contributed by atoms with Gasteiger partial charge in [0.05, 0.1) is 0 Å². The number of alkyl halides is 5. The molecule has 9 atom stereocenters. The Morgan fingerprint density at radius 3 is 2.27 bits per heavy atom. The van der Waals surface area contributed by atoms with Crippen molar-refractivity contribution >= 4 is 33.4 Å². The molecule has 8 nitrogen and oxygen atoms in total. The van der Waals surface area contributed by atoms with Crippen molar-refractivity contribution in [3.63, 3.8) is 0 Å². The molecule has 3 unspecified atom stereocenters. The highest BCUT2D eigenvalue weighted by atomic mass is 32.2. The van der Waals surface area contributed by atoms with Gasteiger partial charge in [0.15, 0.2) is 0 Å². The second-order valence-corrected chi connectivity index (χ2v) is 14.4. The Kier molecular flexibility index (Phi) is 8.06. The van der Waals surface area contributed by atoms with Crippen LogP contribution in [0.4, 0.5) is 22.0 Å². The number of carbonyl (C=O) groups is 4. The zero-order valence-corrected chi connectivity index (χ0v) is 23.8. The lowest BCUT2D eigenvalue weighted by molar-refractivity contribution is -0.259. The number of hydrogen-bond donors (Lipinski definition) is 1. The Morgan fingerprint density at radius 2 is 1.68 bits per heavy atom. The van der Waals surface area contributed by atoms with Gasteiger partial charge in [0.25, 0.3) is 6.10 Å². The molecule has 4 fully saturated rings. The van der Waals surface area contributed by atoms with Crippen molar-refractivity contribution in [2.75, 3.05) is 0 Å². The average molecular weight is 615 g/mol. The van der Waals surface area contributed by atoms with E-state index in [9.17, 15) is 49.5 Å². The lowest BCUT2D eigenvalue weighted by atomic mass is 9.44. The van der Waals surface area contributed by atoms with Gasteiger partial charge in [0.2, 0.25) is 0 Å². The molecule has 0 aromatic rings. The number of ether oxygens (including phenoxy) is 1. The summed E-state index contributed by atoms with van der Waals surface area (Å²) in [5.41, 5.74) is -1.24. The lowest BCUT2D eigenvalue weighted by Crippen LogP contribution is -2.60. The molecule has 41 heavy (non-hydrogen) atoms. The van der Waals surface area contributed by atoms with E-state index in [0.717, 1.165) is 0 Å². The van der Waals surface area contributed by atoms with Crippen molar-refractivity contribution in [1.82, 2.24) is 0 Å². The first-order valence-electron chi connectivity index (χ1n) is 13.8. The Labute approximate surface area is 234 Å². The minimum atomic E-state index is -6.54. The van der Waals surface area contributed by atoms with Gasteiger partial charge in [-0.1, -0.05) is 20.8 Å². The van der Waals surface area contributed by atoms with Crippen molar-refractivity contribution in [2.45, 2.75) is 96.1 Å². The number of Topliss-reactive ketones (excluding diaryl/α,β-unsaturated/α-hetero) is 3. The first kappa shape index (κ1) is 32.0. The third-order valence-electron chi connectivity index (χ3n) is 10.9. The topological polar surface area (TPSA) is 132 Å². The fourth-order valence-corrected chi connectivity index (χ4v) is 9.04. The fourth-order valence-electron chi connectivity index (χ4n) is 8.59. The van der Waals surface area contributed by atoms with E-state index < -0.39 is 51.4 Å². The number of esters is 1. The molecule has 0 aromatic carbocycles. The van der Waals surface area contributed by atoms with E-state index in [0.29, 0.717) is 32.1 Å². The highest BCUT2D eigenvalue weighted by molar-refractivity contribution is 7.86. The van der Waals surface area contributed by atoms with Crippen molar-refractivity contribution < 1.29 is 58.8 Å². The number of hydrogen-bond acceptors (Lipinski definition) is 7. The molecule has 0 heterocycles. The van der Waals surface area contributed by atoms with Crippen molar-refractivity contribution in [2.24, 2.45) is 46.3 Å². The average Bonchev–Trinajstić information content (AvgIpc) is 3.19. The minimum absolute atomic E-state index is 0.0304. The molecule has 4 saturated carbocycles. The van der Waals surface area contributed by atoms with E-state index >= 15 is 0 Å². The standard InChI is InChI=1S/C27H35F5O8S/c1-13(4-7-21(36)40-23(26(28,29)30)27(31,32)41(37,38)39)16-5-6-17-22-18(12-20(35)25(16,17)3)24(2)9-8-15(33)10-14(24)11-19(22)34/h13-14,16-18,22-23H,4-12H2,1-3H3,(H,37,38,39)/t13?,14-,16+,17-,18-,22?,23?,24-,25+/m0/s1. The minimum Gasteiger partial charge on any atom is -0.445 e. The number of halogens is 5. The maximum absolute atomic E-state index is 13.8. The molecule has 0 radical (unpaired) electrons.